The van der Waals surface area contributed by atoms with Crippen molar-refractivity contribution in [1.82, 2.24) is 0 Å². The maximum Gasteiger partial charge on any atom is 0.173 e. The molecule has 0 amide bonds. The Morgan fingerprint density at radius 2 is 1.80 bits per heavy atom. The molecule has 0 saturated carbocycles. The molecule has 0 spiro atoms. The number of hydrogen-bond donors (Lipinski definition) is 2. The Kier molecular flexibility index (Phi) is 4.25. The standard InChI is InChI=1S/C16H18N2O2/c1-11-7-12(2)9-13(8-11)10-20-15-6-4-3-5-14(15)16(17)18-19/h3-9,19H,10H2,1-2H3,(H2,17,18). The lowest BCUT2D eigenvalue weighted by Crippen LogP contribution is -2.14. The fourth-order valence-electron chi connectivity index (χ4n) is 2.17. The molecular formula is C16H18N2O2. The molecule has 0 saturated heterocycles. The molecule has 0 bridgehead atoms. The van der Waals surface area contributed by atoms with Crippen molar-refractivity contribution in [3.8, 4) is 5.75 Å². The number of nitrogens with zero attached hydrogens (tertiary/aromatic N) is 1. The van der Waals surface area contributed by atoms with Crippen LogP contribution in [0.2, 0.25) is 0 Å². The fourth-order valence-corrected chi connectivity index (χ4v) is 2.17. The van der Waals surface area contributed by atoms with Crippen LogP contribution >= 0.6 is 0 Å². The van der Waals surface area contributed by atoms with Gasteiger partial charge in [0.05, 0.1) is 5.56 Å². The highest BCUT2D eigenvalue weighted by atomic mass is 16.5. The van der Waals surface area contributed by atoms with E-state index in [0.29, 0.717) is 17.9 Å². The lowest BCUT2D eigenvalue weighted by molar-refractivity contribution is 0.303. The van der Waals surface area contributed by atoms with Gasteiger partial charge in [0.15, 0.2) is 5.84 Å². The van der Waals surface area contributed by atoms with Crippen LogP contribution in [0.15, 0.2) is 47.6 Å². The number of rotatable bonds is 4. The second-order valence-corrected chi connectivity index (χ2v) is 4.77. The molecule has 0 aliphatic heterocycles. The first-order valence-corrected chi connectivity index (χ1v) is 6.37. The quantitative estimate of drug-likeness (QED) is 0.388. The summed E-state index contributed by atoms with van der Waals surface area (Å²) >= 11 is 0. The Morgan fingerprint density at radius 1 is 1.15 bits per heavy atom. The molecule has 4 nitrogen and oxygen atoms in total. The molecule has 0 aliphatic carbocycles. The number of para-hydroxylation sites is 1. The highest BCUT2D eigenvalue weighted by molar-refractivity contribution is 5.99. The minimum Gasteiger partial charge on any atom is -0.488 e. The van der Waals surface area contributed by atoms with Gasteiger partial charge in [0.25, 0.3) is 0 Å². The summed E-state index contributed by atoms with van der Waals surface area (Å²) < 4.78 is 5.78. The molecule has 0 heterocycles. The van der Waals surface area contributed by atoms with Crippen molar-refractivity contribution in [2.24, 2.45) is 10.9 Å². The molecule has 0 radical (unpaired) electrons. The summed E-state index contributed by atoms with van der Waals surface area (Å²) in [5.41, 5.74) is 9.71. The van der Waals surface area contributed by atoms with Crippen molar-refractivity contribution < 1.29 is 9.94 Å². The third-order valence-electron chi connectivity index (χ3n) is 2.95. The SMILES string of the molecule is Cc1cc(C)cc(COc2ccccc2/C(N)=N/O)c1. The summed E-state index contributed by atoms with van der Waals surface area (Å²) in [6, 6.07) is 13.5. The molecule has 0 aromatic heterocycles. The van der Waals surface area contributed by atoms with Crippen molar-refractivity contribution in [3.63, 3.8) is 0 Å². The molecule has 2 aromatic carbocycles. The van der Waals surface area contributed by atoms with Gasteiger partial charge in [0.1, 0.15) is 12.4 Å². The molecule has 2 aromatic rings. The first-order valence-electron chi connectivity index (χ1n) is 6.37. The van der Waals surface area contributed by atoms with Gasteiger partial charge in [0, 0.05) is 0 Å². The van der Waals surface area contributed by atoms with E-state index in [9.17, 15) is 0 Å². The van der Waals surface area contributed by atoms with Gasteiger partial charge in [-0.15, -0.1) is 0 Å². The Hall–Kier alpha value is -2.49. The molecule has 0 fully saturated rings. The zero-order valence-corrected chi connectivity index (χ0v) is 11.6. The van der Waals surface area contributed by atoms with Crippen LogP contribution in [-0.2, 0) is 6.61 Å². The average molecular weight is 270 g/mol. The molecule has 104 valence electrons. The van der Waals surface area contributed by atoms with E-state index >= 15 is 0 Å². The maximum atomic E-state index is 8.78. The van der Waals surface area contributed by atoms with Crippen LogP contribution in [0, 0.1) is 13.8 Å². The molecular weight excluding hydrogens is 252 g/mol. The normalized spacial score (nSPS) is 11.4. The summed E-state index contributed by atoms with van der Waals surface area (Å²) in [5.74, 6) is 0.642. The predicted octanol–water partition coefficient (Wildman–Crippen LogP) is 2.98. The topological polar surface area (TPSA) is 67.8 Å². The summed E-state index contributed by atoms with van der Waals surface area (Å²) in [6.07, 6.45) is 0. The summed E-state index contributed by atoms with van der Waals surface area (Å²) in [7, 11) is 0. The first-order chi connectivity index (χ1) is 9.60. The van der Waals surface area contributed by atoms with Crippen LogP contribution in [0.4, 0.5) is 0 Å². The van der Waals surface area contributed by atoms with Crippen LogP contribution < -0.4 is 10.5 Å². The van der Waals surface area contributed by atoms with E-state index in [1.807, 2.05) is 12.1 Å². The van der Waals surface area contributed by atoms with E-state index in [0.717, 1.165) is 5.56 Å². The van der Waals surface area contributed by atoms with Gasteiger partial charge in [-0.1, -0.05) is 46.6 Å². The van der Waals surface area contributed by atoms with Gasteiger partial charge in [-0.25, -0.2) is 0 Å². The Balaban J connectivity index is 2.19. The number of oxime groups is 1. The van der Waals surface area contributed by atoms with E-state index < -0.39 is 0 Å². The minimum absolute atomic E-state index is 0.0426. The molecule has 0 atom stereocenters. The van der Waals surface area contributed by atoms with Crippen molar-refractivity contribution in [2.45, 2.75) is 20.5 Å². The smallest absolute Gasteiger partial charge is 0.173 e. The van der Waals surface area contributed by atoms with Gasteiger partial charge in [0.2, 0.25) is 0 Å². The van der Waals surface area contributed by atoms with E-state index in [2.05, 4.69) is 37.2 Å². The van der Waals surface area contributed by atoms with E-state index in [1.54, 1.807) is 12.1 Å². The van der Waals surface area contributed by atoms with Crippen LogP contribution in [0.1, 0.15) is 22.3 Å². The Labute approximate surface area is 118 Å². The largest absolute Gasteiger partial charge is 0.488 e. The van der Waals surface area contributed by atoms with Gasteiger partial charge in [-0.2, -0.15) is 0 Å². The predicted molar refractivity (Wildman–Crippen MR) is 79.2 cm³/mol. The summed E-state index contributed by atoms with van der Waals surface area (Å²) in [4.78, 5) is 0. The van der Waals surface area contributed by atoms with Crippen molar-refractivity contribution in [2.75, 3.05) is 0 Å². The molecule has 3 N–H and O–H groups in total. The lowest BCUT2D eigenvalue weighted by Gasteiger charge is -2.11. The lowest BCUT2D eigenvalue weighted by atomic mass is 10.1. The maximum absolute atomic E-state index is 8.78. The van der Waals surface area contributed by atoms with E-state index in [1.165, 1.54) is 11.1 Å². The minimum atomic E-state index is 0.0426. The van der Waals surface area contributed by atoms with Crippen LogP contribution in [-0.4, -0.2) is 11.0 Å². The molecule has 20 heavy (non-hydrogen) atoms. The fraction of sp³-hybridized carbons (Fsp3) is 0.188. The Morgan fingerprint density at radius 3 is 2.45 bits per heavy atom. The van der Waals surface area contributed by atoms with Gasteiger partial charge in [-0.05, 0) is 31.5 Å². The van der Waals surface area contributed by atoms with Gasteiger partial charge >= 0.3 is 0 Å². The number of amidine groups is 1. The van der Waals surface area contributed by atoms with Gasteiger partial charge in [-0.3, -0.25) is 0 Å². The first kappa shape index (κ1) is 13.9. The molecule has 0 unspecified atom stereocenters. The molecule has 0 aliphatic rings. The number of ether oxygens (including phenoxy) is 1. The average Bonchev–Trinajstić information content (AvgIpc) is 2.43. The number of hydrogen-bond acceptors (Lipinski definition) is 3. The van der Waals surface area contributed by atoms with E-state index in [-0.39, 0.29) is 5.84 Å². The number of benzene rings is 2. The highest BCUT2D eigenvalue weighted by Crippen LogP contribution is 2.19. The zero-order valence-electron chi connectivity index (χ0n) is 11.6. The number of aryl methyl sites for hydroxylation is 2. The van der Waals surface area contributed by atoms with Crippen molar-refractivity contribution in [1.29, 1.82) is 0 Å². The molecule has 2 rings (SSSR count). The van der Waals surface area contributed by atoms with Crippen LogP contribution in [0.5, 0.6) is 5.75 Å². The van der Waals surface area contributed by atoms with Crippen LogP contribution in [0.3, 0.4) is 0 Å². The third-order valence-corrected chi connectivity index (χ3v) is 2.95. The van der Waals surface area contributed by atoms with Crippen LogP contribution in [0.25, 0.3) is 0 Å². The Bertz CT molecular complexity index is 616. The van der Waals surface area contributed by atoms with Crippen molar-refractivity contribution in [3.05, 3.63) is 64.7 Å². The summed E-state index contributed by atoms with van der Waals surface area (Å²) in [6.45, 7) is 4.56. The molecule has 4 heteroatoms. The highest BCUT2D eigenvalue weighted by Gasteiger charge is 2.07. The van der Waals surface area contributed by atoms with E-state index in [4.69, 9.17) is 15.7 Å². The third kappa shape index (κ3) is 3.29. The van der Waals surface area contributed by atoms with Gasteiger partial charge < -0.3 is 15.7 Å². The van der Waals surface area contributed by atoms with Crippen molar-refractivity contribution >= 4 is 5.84 Å². The monoisotopic (exact) mass is 270 g/mol. The second-order valence-electron chi connectivity index (χ2n) is 4.77. The number of nitrogens with two attached hydrogens (primary N) is 1. The summed E-state index contributed by atoms with van der Waals surface area (Å²) in [5, 5.41) is 11.8. The zero-order chi connectivity index (χ0) is 14.5. The second kappa shape index (κ2) is 6.10.